The molecule has 18 heavy (non-hydrogen) atoms. The molecule has 2 aromatic heterocycles. The van der Waals surface area contributed by atoms with Crippen LogP contribution in [-0.4, -0.2) is 18.7 Å². The summed E-state index contributed by atoms with van der Waals surface area (Å²) in [6, 6.07) is 5.20. The molecule has 1 aromatic carbocycles. The summed E-state index contributed by atoms with van der Waals surface area (Å²) >= 11 is 7.28. The molecule has 3 aromatic rings. The molecule has 0 aliphatic carbocycles. The van der Waals surface area contributed by atoms with E-state index < -0.39 is 0 Å². The molecule has 0 saturated carbocycles. The first-order valence-corrected chi connectivity index (χ1v) is 6.10. The quantitative estimate of drug-likeness (QED) is 0.748. The third-order valence-corrected chi connectivity index (χ3v) is 3.18. The summed E-state index contributed by atoms with van der Waals surface area (Å²) in [5.41, 5.74) is 7.76. The minimum Gasteiger partial charge on any atom is -0.384 e. The van der Waals surface area contributed by atoms with E-state index in [0.717, 1.165) is 17.2 Å². The van der Waals surface area contributed by atoms with Crippen LogP contribution in [-0.2, 0) is 0 Å². The molecule has 0 saturated heterocycles. The van der Waals surface area contributed by atoms with Crippen LogP contribution in [0.1, 0.15) is 0 Å². The van der Waals surface area contributed by atoms with Crippen LogP contribution in [0.2, 0.25) is 5.02 Å². The van der Waals surface area contributed by atoms with Crippen LogP contribution < -0.4 is 11.1 Å². The van der Waals surface area contributed by atoms with Crippen molar-refractivity contribution in [2.24, 2.45) is 0 Å². The second kappa shape index (κ2) is 4.35. The Kier molecular flexibility index (Phi) is 2.69. The molecule has 6 nitrogen and oxygen atoms in total. The van der Waals surface area contributed by atoms with E-state index in [4.69, 9.17) is 17.3 Å². The smallest absolute Gasteiger partial charge is 0.135 e. The molecule has 0 radical (unpaired) electrons. The molecule has 90 valence electrons. The summed E-state index contributed by atoms with van der Waals surface area (Å²) in [4.78, 5) is 7.89. The second-order valence-corrected chi connectivity index (χ2v) is 4.44. The highest BCUT2D eigenvalue weighted by Gasteiger charge is 2.10. The fourth-order valence-electron chi connectivity index (χ4n) is 1.51. The van der Waals surface area contributed by atoms with Crippen LogP contribution in [0, 0.1) is 0 Å². The number of anilines is 3. The first-order valence-electron chi connectivity index (χ1n) is 4.99. The normalized spacial score (nSPS) is 10.7. The van der Waals surface area contributed by atoms with E-state index in [1.807, 2.05) is 6.07 Å². The van der Waals surface area contributed by atoms with E-state index in [1.165, 1.54) is 6.33 Å². The molecule has 3 rings (SSSR count). The van der Waals surface area contributed by atoms with Crippen molar-refractivity contribution in [1.29, 1.82) is 0 Å². The zero-order valence-electron chi connectivity index (χ0n) is 8.96. The monoisotopic (exact) mass is 278 g/mol. The predicted octanol–water partition coefficient (Wildman–Crippen LogP) is 2.46. The van der Waals surface area contributed by atoms with Crippen molar-refractivity contribution in [1.82, 2.24) is 18.7 Å². The van der Waals surface area contributed by atoms with E-state index in [-0.39, 0.29) is 0 Å². The minimum absolute atomic E-state index is 0.382. The third kappa shape index (κ3) is 1.93. The zero-order chi connectivity index (χ0) is 12.5. The summed E-state index contributed by atoms with van der Waals surface area (Å²) in [6.45, 7) is 0. The van der Waals surface area contributed by atoms with Crippen molar-refractivity contribution in [3.8, 4) is 0 Å². The Hall–Kier alpha value is -1.99. The molecule has 0 atom stereocenters. The molecular weight excluding hydrogens is 272 g/mol. The second-order valence-electron chi connectivity index (χ2n) is 3.51. The Bertz CT molecular complexity index is 712. The van der Waals surface area contributed by atoms with Crippen LogP contribution in [0.15, 0.2) is 24.5 Å². The molecule has 0 spiro atoms. The van der Waals surface area contributed by atoms with E-state index in [0.29, 0.717) is 27.9 Å². The highest BCUT2D eigenvalue weighted by atomic mass is 35.5. The lowest BCUT2D eigenvalue weighted by Gasteiger charge is -2.07. The number of nitrogens with one attached hydrogen (secondary N) is 1. The SMILES string of the molecule is Nc1cc(Nc2c(Cl)ccc3nsnc23)ncn1. The van der Waals surface area contributed by atoms with Gasteiger partial charge in [-0.15, -0.1) is 0 Å². The fraction of sp³-hybridized carbons (Fsp3) is 0. The Morgan fingerprint density at radius 3 is 2.94 bits per heavy atom. The van der Waals surface area contributed by atoms with E-state index >= 15 is 0 Å². The Balaban J connectivity index is 2.09. The van der Waals surface area contributed by atoms with Gasteiger partial charge in [0.05, 0.1) is 22.4 Å². The van der Waals surface area contributed by atoms with Crippen molar-refractivity contribution >= 4 is 51.7 Å². The van der Waals surface area contributed by atoms with Gasteiger partial charge in [0.15, 0.2) is 0 Å². The molecule has 3 N–H and O–H groups in total. The van der Waals surface area contributed by atoms with Crippen LogP contribution in [0.25, 0.3) is 11.0 Å². The van der Waals surface area contributed by atoms with Crippen molar-refractivity contribution in [2.75, 3.05) is 11.1 Å². The van der Waals surface area contributed by atoms with Gasteiger partial charge in [0.1, 0.15) is 29.0 Å². The number of nitrogens with two attached hydrogens (primary N) is 1. The van der Waals surface area contributed by atoms with Gasteiger partial charge in [0.2, 0.25) is 0 Å². The first-order chi connectivity index (χ1) is 8.74. The largest absolute Gasteiger partial charge is 0.384 e. The zero-order valence-corrected chi connectivity index (χ0v) is 10.5. The van der Waals surface area contributed by atoms with Crippen molar-refractivity contribution in [3.63, 3.8) is 0 Å². The average Bonchev–Trinajstić information content (AvgIpc) is 2.81. The van der Waals surface area contributed by atoms with Gasteiger partial charge in [-0.1, -0.05) is 11.6 Å². The maximum atomic E-state index is 6.15. The van der Waals surface area contributed by atoms with E-state index in [1.54, 1.807) is 12.1 Å². The lowest BCUT2D eigenvalue weighted by molar-refractivity contribution is 1.18. The van der Waals surface area contributed by atoms with Gasteiger partial charge in [0, 0.05) is 6.07 Å². The maximum Gasteiger partial charge on any atom is 0.135 e. The number of rotatable bonds is 2. The van der Waals surface area contributed by atoms with Gasteiger partial charge >= 0.3 is 0 Å². The molecule has 8 heteroatoms. The number of nitrogen functional groups attached to an aromatic ring is 1. The van der Waals surface area contributed by atoms with Gasteiger partial charge in [0.25, 0.3) is 0 Å². The average molecular weight is 279 g/mol. The van der Waals surface area contributed by atoms with Gasteiger partial charge in [-0.25, -0.2) is 9.97 Å². The molecular formula is C10H7ClN6S. The maximum absolute atomic E-state index is 6.15. The van der Waals surface area contributed by atoms with Crippen LogP contribution in [0.4, 0.5) is 17.3 Å². The van der Waals surface area contributed by atoms with Gasteiger partial charge in [-0.2, -0.15) is 8.75 Å². The van der Waals surface area contributed by atoms with Crippen molar-refractivity contribution in [2.45, 2.75) is 0 Å². The Labute approximate surface area is 111 Å². The summed E-state index contributed by atoms with van der Waals surface area (Å²) in [7, 11) is 0. The van der Waals surface area contributed by atoms with Crippen molar-refractivity contribution in [3.05, 3.63) is 29.5 Å². The minimum atomic E-state index is 0.382. The standard InChI is InChI=1S/C10H7ClN6S/c11-5-1-2-6-10(17-18-16-6)9(5)15-8-3-7(12)13-4-14-8/h1-4H,(H3,12,13,14,15). The van der Waals surface area contributed by atoms with Gasteiger partial charge in [-0.3, -0.25) is 0 Å². The predicted molar refractivity (Wildman–Crippen MR) is 72.2 cm³/mol. The summed E-state index contributed by atoms with van der Waals surface area (Å²) < 4.78 is 8.36. The number of hydrogen-bond donors (Lipinski definition) is 2. The van der Waals surface area contributed by atoms with Crippen molar-refractivity contribution < 1.29 is 0 Å². The number of hydrogen-bond acceptors (Lipinski definition) is 7. The topological polar surface area (TPSA) is 89.6 Å². The molecule has 0 fully saturated rings. The van der Waals surface area contributed by atoms with Gasteiger partial charge in [-0.05, 0) is 12.1 Å². The highest BCUT2D eigenvalue weighted by Crippen LogP contribution is 2.31. The number of fused-ring (bicyclic) bond motifs is 1. The van der Waals surface area contributed by atoms with Gasteiger partial charge < -0.3 is 11.1 Å². The molecule has 0 amide bonds. The van der Waals surface area contributed by atoms with Crippen LogP contribution >= 0.6 is 23.3 Å². The van der Waals surface area contributed by atoms with Crippen LogP contribution in [0.3, 0.4) is 0 Å². The summed E-state index contributed by atoms with van der Waals surface area (Å²) in [6.07, 6.45) is 1.38. The molecule has 0 aliphatic heterocycles. The first kappa shape index (κ1) is 11.1. The number of aromatic nitrogens is 4. The third-order valence-electron chi connectivity index (χ3n) is 2.32. The Morgan fingerprint density at radius 1 is 1.22 bits per heavy atom. The molecule has 2 heterocycles. The fourth-order valence-corrected chi connectivity index (χ4v) is 2.26. The molecule has 0 aliphatic rings. The number of benzene rings is 1. The van der Waals surface area contributed by atoms with Crippen LogP contribution in [0.5, 0.6) is 0 Å². The van der Waals surface area contributed by atoms with E-state index in [9.17, 15) is 0 Å². The Morgan fingerprint density at radius 2 is 2.11 bits per heavy atom. The summed E-state index contributed by atoms with van der Waals surface area (Å²) in [5.74, 6) is 0.942. The highest BCUT2D eigenvalue weighted by molar-refractivity contribution is 7.00. The molecule has 0 bridgehead atoms. The number of nitrogens with zero attached hydrogens (tertiary/aromatic N) is 4. The molecule has 0 unspecified atom stereocenters. The number of halogens is 1. The lowest BCUT2D eigenvalue weighted by atomic mass is 10.2. The van der Waals surface area contributed by atoms with E-state index in [2.05, 4.69) is 24.0 Å². The lowest BCUT2D eigenvalue weighted by Crippen LogP contribution is -1.98. The summed E-state index contributed by atoms with van der Waals surface area (Å²) in [5, 5.41) is 3.63.